The van der Waals surface area contributed by atoms with Gasteiger partial charge in [-0.3, -0.25) is 4.90 Å². The summed E-state index contributed by atoms with van der Waals surface area (Å²) in [5.74, 6) is 0.0272. The molecule has 0 atom stereocenters. The first-order chi connectivity index (χ1) is 11.1. The number of hydrogen-bond donors (Lipinski definition) is 1. The molecule has 3 aromatic rings. The molecule has 0 spiro atoms. The standard InChI is InChI=1S/C17H18FN3O2/c1-21(11-12-3-2-4-14(19)9-12)7-8-22-17-15-6-5-13(18)10-16(15)23-20-17/h2-6,9-10H,7-8,11,19H2,1H3. The molecule has 2 aromatic carbocycles. The maximum atomic E-state index is 13.1. The Morgan fingerprint density at radius 2 is 2.13 bits per heavy atom. The van der Waals surface area contributed by atoms with Gasteiger partial charge >= 0.3 is 0 Å². The van der Waals surface area contributed by atoms with E-state index < -0.39 is 0 Å². The minimum Gasteiger partial charge on any atom is -0.474 e. The summed E-state index contributed by atoms with van der Waals surface area (Å²) in [6, 6.07) is 12.1. The van der Waals surface area contributed by atoms with E-state index in [4.69, 9.17) is 15.0 Å². The van der Waals surface area contributed by atoms with E-state index >= 15 is 0 Å². The third-order valence-electron chi connectivity index (χ3n) is 3.52. The average molecular weight is 315 g/mol. The van der Waals surface area contributed by atoms with E-state index in [1.54, 1.807) is 6.07 Å². The Morgan fingerprint density at radius 3 is 2.96 bits per heavy atom. The number of halogens is 1. The zero-order chi connectivity index (χ0) is 16.2. The first-order valence-electron chi connectivity index (χ1n) is 7.32. The summed E-state index contributed by atoms with van der Waals surface area (Å²) < 4.78 is 23.8. The van der Waals surface area contributed by atoms with Gasteiger partial charge < -0.3 is 15.0 Å². The lowest BCUT2D eigenvalue weighted by Gasteiger charge is -2.16. The van der Waals surface area contributed by atoms with Gasteiger partial charge in [0.2, 0.25) is 0 Å². The second-order valence-corrected chi connectivity index (χ2v) is 5.46. The third kappa shape index (κ3) is 3.78. The minimum absolute atomic E-state index is 0.359. The fraction of sp³-hybridized carbons (Fsp3) is 0.235. The number of benzene rings is 2. The van der Waals surface area contributed by atoms with Crippen LogP contribution in [0.4, 0.5) is 10.1 Å². The van der Waals surface area contributed by atoms with Crippen molar-refractivity contribution in [1.29, 1.82) is 0 Å². The minimum atomic E-state index is -0.359. The predicted molar refractivity (Wildman–Crippen MR) is 86.7 cm³/mol. The van der Waals surface area contributed by atoms with Gasteiger partial charge in [0.15, 0.2) is 5.58 Å². The van der Waals surface area contributed by atoms with Crippen LogP contribution in [0.15, 0.2) is 47.0 Å². The molecule has 23 heavy (non-hydrogen) atoms. The van der Waals surface area contributed by atoms with E-state index in [1.165, 1.54) is 12.1 Å². The van der Waals surface area contributed by atoms with Crippen LogP contribution in [0.25, 0.3) is 11.0 Å². The Kier molecular flexibility index (Phi) is 4.43. The molecule has 0 unspecified atom stereocenters. The van der Waals surface area contributed by atoms with Gasteiger partial charge in [-0.15, -0.1) is 0 Å². The van der Waals surface area contributed by atoms with Gasteiger partial charge in [0.25, 0.3) is 5.88 Å². The van der Waals surface area contributed by atoms with Gasteiger partial charge in [-0.1, -0.05) is 12.1 Å². The number of ether oxygens (including phenoxy) is 1. The van der Waals surface area contributed by atoms with E-state index in [2.05, 4.69) is 10.1 Å². The monoisotopic (exact) mass is 315 g/mol. The molecule has 0 amide bonds. The van der Waals surface area contributed by atoms with Crippen LogP contribution in [-0.2, 0) is 6.54 Å². The number of hydrogen-bond acceptors (Lipinski definition) is 5. The highest BCUT2D eigenvalue weighted by atomic mass is 19.1. The van der Waals surface area contributed by atoms with Crippen molar-refractivity contribution in [3.8, 4) is 5.88 Å². The van der Waals surface area contributed by atoms with E-state index in [9.17, 15) is 4.39 Å². The van der Waals surface area contributed by atoms with E-state index in [-0.39, 0.29) is 5.82 Å². The fourth-order valence-electron chi connectivity index (χ4n) is 2.37. The number of nitrogen functional groups attached to an aromatic ring is 1. The molecule has 3 rings (SSSR count). The van der Waals surface area contributed by atoms with Crippen LogP contribution in [0.3, 0.4) is 0 Å². The smallest absolute Gasteiger partial charge is 0.262 e. The van der Waals surface area contributed by atoms with Crippen LogP contribution >= 0.6 is 0 Å². The largest absolute Gasteiger partial charge is 0.474 e. The summed E-state index contributed by atoms with van der Waals surface area (Å²) in [5, 5.41) is 4.50. The number of nitrogens with zero attached hydrogens (tertiary/aromatic N) is 2. The molecule has 0 saturated carbocycles. The first kappa shape index (κ1) is 15.3. The molecule has 0 fully saturated rings. The topological polar surface area (TPSA) is 64.5 Å². The zero-order valence-electron chi connectivity index (χ0n) is 12.8. The maximum Gasteiger partial charge on any atom is 0.262 e. The van der Waals surface area contributed by atoms with Gasteiger partial charge in [-0.25, -0.2) is 4.39 Å². The van der Waals surface area contributed by atoms with Crippen molar-refractivity contribution in [1.82, 2.24) is 10.1 Å². The highest BCUT2D eigenvalue weighted by Crippen LogP contribution is 2.25. The predicted octanol–water partition coefficient (Wildman–Crippen LogP) is 3.06. The second kappa shape index (κ2) is 6.66. The van der Waals surface area contributed by atoms with Crippen molar-refractivity contribution < 1.29 is 13.7 Å². The molecular formula is C17H18FN3O2. The van der Waals surface area contributed by atoms with Crippen LogP contribution in [-0.4, -0.2) is 30.3 Å². The number of aromatic nitrogens is 1. The van der Waals surface area contributed by atoms with E-state index in [1.807, 2.05) is 31.3 Å². The molecule has 0 bridgehead atoms. The van der Waals surface area contributed by atoms with Crippen LogP contribution in [0.5, 0.6) is 5.88 Å². The Hall–Kier alpha value is -2.60. The van der Waals surface area contributed by atoms with Crippen LogP contribution in [0.1, 0.15) is 5.56 Å². The third-order valence-corrected chi connectivity index (χ3v) is 3.52. The number of nitrogens with two attached hydrogens (primary N) is 1. The van der Waals surface area contributed by atoms with Crippen molar-refractivity contribution in [3.05, 3.63) is 53.8 Å². The normalized spacial score (nSPS) is 11.3. The molecule has 120 valence electrons. The number of likely N-dealkylation sites (N-methyl/N-ethyl adjacent to an activating group) is 1. The number of rotatable bonds is 6. The quantitative estimate of drug-likeness (QED) is 0.708. The molecule has 6 heteroatoms. The van der Waals surface area contributed by atoms with Crippen molar-refractivity contribution in [2.45, 2.75) is 6.54 Å². The molecular weight excluding hydrogens is 297 g/mol. The highest BCUT2D eigenvalue weighted by Gasteiger charge is 2.10. The zero-order valence-corrected chi connectivity index (χ0v) is 12.8. The summed E-state index contributed by atoms with van der Waals surface area (Å²) in [4.78, 5) is 2.12. The Bertz CT molecular complexity index is 803. The first-order valence-corrected chi connectivity index (χ1v) is 7.32. The van der Waals surface area contributed by atoms with Crippen molar-refractivity contribution in [2.24, 2.45) is 0 Å². The van der Waals surface area contributed by atoms with Crippen molar-refractivity contribution >= 4 is 16.7 Å². The van der Waals surface area contributed by atoms with E-state index in [0.717, 1.165) is 17.8 Å². The molecule has 0 aliphatic heterocycles. The van der Waals surface area contributed by atoms with Crippen LogP contribution in [0.2, 0.25) is 0 Å². The molecule has 1 aromatic heterocycles. The lowest BCUT2D eigenvalue weighted by Crippen LogP contribution is -2.24. The molecule has 5 nitrogen and oxygen atoms in total. The summed E-state index contributed by atoms with van der Waals surface area (Å²) in [7, 11) is 2.00. The van der Waals surface area contributed by atoms with Gasteiger partial charge in [-0.05, 0) is 42.0 Å². The Labute approximate surface area is 133 Å². The maximum absolute atomic E-state index is 13.1. The number of anilines is 1. The molecule has 0 radical (unpaired) electrons. The van der Waals surface area contributed by atoms with E-state index in [0.29, 0.717) is 30.0 Å². The van der Waals surface area contributed by atoms with Crippen molar-refractivity contribution in [2.75, 3.05) is 25.9 Å². The van der Waals surface area contributed by atoms with Gasteiger partial charge in [0.1, 0.15) is 12.4 Å². The molecule has 1 heterocycles. The Balaban J connectivity index is 1.54. The van der Waals surface area contributed by atoms with Crippen LogP contribution in [0, 0.1) is 5.82 Å². The van der Waals surface area contributed by atoms with Gasteiger partial charge in [-0.2, -0.15) is 0 Å². The summed E-state index contributed by atoms with van der Waals surface area (Å²) in [5.41, 5.74) is 8.06. The Morgan fingerprint density at radius 1 is 1.26 bits per heavy atom. The summed E-state index contributed by atoms with van der Waals surface area (Å²) in [6.07, 6.45) is 0. The molecule has 2 N–H and O–H groups in total. The SMILES string of the molecule is CN(CCOc1noc2cc(F)ccc12)Cc1cccc(N)c1. The summed E-state index contributed by atoms with van der Waals surface area (Å²) >= 11 is 0. The average Bonchev–Trinajstić information content (AvgIpc) is 2.89. The molecule has 0 aliphatic carbocycles. The lowest BCUT2D eigenvalue weighted by molar-refractivity contribution is 0.221. The van der Waals surface area contributed by atoms with Gasteiger partial charge in [0.05, 0.1) is 5.39 Å². The van der Waals surface area contributed by atoms with Gasteiger partial charge in [0, 0.05) is 24.8 Å². The number of fused-ring (bicyclic) bond motifs is 1. The summed E-state index contributed by atoms with van der Waals surface area (Å²) in [6.45, 7) is 1.95. The highest BCUT2D eigenvalue weighted by molar-refractivity contribution is 5.81. The second-order valence-electron chi connectivity index (χ2n) is 5.46. The lowest BCUT2D eigenvalue weighted by atomic mass is 10.2. The van der Waals surface area contributed by atoms with Crippen molar-refractivity contribution in [3.63, 3.8) is 0 Å². The fourth-order valence-corrected chi connectivity index (χ4v) is 2.37. The van der Waals surface area contributed by atoms with Crippen LogP contribution < -0.4 is 10.5 Å². The molecule has 0 saturated heterocycles. The molecule has 0 aliphatic rings.